The van der Waals surface area contributed by atoms with E-state index in [9.17, 15) is 0 Å². The second kappa shape index (κ2) is 3.79. The minimum absolute atomic E-state index is 0.207. The van der Waals surface area contributed by atoms with Crippen LogP contribution in [-0.2, 0) is 0 Å². The van der Waals surface area contributed by atoms with Gasteiger partial charge in [-0.3, -0.25) is 0 Å². The van der Waals surface area contributed by atoms with Crippen molar-refractivity contribution >= 4 is 52.0 Å². The molecule has 0 saturated carbocycles. The Hall–Kier alpha value is -0.0200. The number of hydrogen-bond acceptors (Lipinski definition) is 1. The summed E-state index contributed by atoms with van der Waals surface area (Å²) in [5, 5.41) is 0.974. The summed E-state index contributed by atoms with van der Waals surface area (Å²) in [5.41, 5.74) is 5.92. The zero-order valence-corrected chi connectivity index (χ0v) is 8.86. The summed E-state index contributed by atoms with van der Waals surface area (Å²) in [6.07, 6.45) is 0. The van der Waals surface area contributed by atoms with E-state index in [1.54, 1.807) is 12.1 Å². The summed E-state index contributed by atoms with van der Waals surface area (Å²) in [6, 6.07) is 3.24. The molecule has 0 aliphatic rings. The summed E-state index contributed by atoms with van der Waals surface area (Å²) in [7, 11) is 0. The van der Waals surface area contributed by atoms with E-state index in [1.165, 1.54) is 0 Å². The minimum atomic E-state index is 0.207. The molecule has 1 aromatic carbocycles. The molecule has 2 N–H and O–H groups in total. The molecule has 0 bridgehead atoms. The molecule has 12 heavy (non-hydrogen) atoms. The van der Waals surface area contributed by atoms with Crippen molar-refractivity contribution in [3.8, 4) is 0 Å². The maximum Gasteiger partial charge on any atom is 0.105 e. The highest BCUT2D eigenvalue weighted by atomic mass is 35.5. The van der Waals surface area contributed by atoms with Gasteiger partial charge < -0.3 is 5.73 Å². The molecule has 1 nitrogen and oxygen atoms in total. The molecular weight excluding hydrogens is 237 g/mol. The van der Waals surface area contributed by atoms with E-state index in [2.05, 4.69) is 0 Å². The van der Waals surface area contributed by atoms with Crippen LogP contribution in [0.4, 0.5) is 0 Å². The lowest BCUT2D eigenvalue weighted by Gasteiger charge is -2.04. The Morgan fingerprint density at radius 1 is 1.17 bits per heavy atom. The van der Waals surface area contributed by atoms with Crippen molar-refractivity contribution in [2.75, 3.05) is 0 Å². The monoisotopic (exact) mass is 239 g/mol. The van der Waals surface area contributed by atoms with Gasteiger partial charge in [0.05, 0.1) is 15.1 Å². The topological polar surface area (TPSA) is 26.0 Å². The first-order valence-electron chi connectivity index (χ1n) is 2.97. The van der Waals surface area contributed by atoms with Gasteiger partial charge in [0.2, 0.25) is 0 Å². The highest BCUT2D eigenvalue weighted by Gasteiger charge is 2.09. The van der Waals surface area contributed by atoms with Crippen LogP contribution in [0, 0.1) is 0 Å². The van der Waals surface area contributed by atoms with Crippen LogP contribution >= 0.6 is 47.0 Å². The van der Waals surface area contributed by atoms with Crippen molar-refractivity contribution in [2.24, 2.45) is 5.73 Å². The Labute approximate surface area is 90.4 Å². The predicted octanol–water partition coefficient (Wildman–Crippen LogP) is 3.28. The molecular formula is C7H4Cl3NS. The first-order chi connectivity index (χ1) is 5.54. The Kier molecular flexibility index (Phi) is 3.18. The third kappa shape index (κ3) is 1.83. The van der Waals surface area contributed by atoms with Gasteiger partial charge in [0.1, 0.15) is 4.99 Å². The van der Waals surface area contributed by atoms with E-state index in [4.69, 9.17) is 52.8 Å². The van der Waals surface area contributed by atoms with Gasteiger partial charge in [-0.1, -0.05) is 47.0 Å². The third-order valence-electron chi connectivity index (χ3n) is 1.30. The molecule has 0 amide bonds. The zero-order valence-electron chi connectivity index (χ0n) is 5.77. The Morgan fingerprint density at radius 3 is 2.25 bits per heavy atom. The molecule has 0 aliphatic heterocycles. The minimum Gasteiger partial charge on any atom is -0.389 e. The van der Waals surface area contributed by atoms with Crippen LogP contribution in [0.3, 0.4) is 0 Å². The molecule has 0 unspecified atom stereocenters. The number of hydrogen-bond donors (Lipinski definition) is 1. The van der Waals surface area contributed by atoms with Crippen LogP contribution in [0.15, 0.2) is 12.1 Å². The maximum atomic E-state index is 5.81. The molecule has 0 atom stereocenters. The fourth-order valence-corrected chi connectivity index (χ4v) is 1.58. The van der Waals surface area contributed by atoms with Crippen molar-refractivity contribution in [1.82, 2.24) is 0 Å². The first kappa shape index (κ1) is 10.1. The van der Waals surface area contributed by atoms with E-state index < -0.39 is 0 Å². The highest BCUT2D eigenvalue weighted by Crippen LogP contribution is 2.32. The number of halogens is 3. The van der Waals surface area contributed by atoms with Crippen LogP contribution in [0.2, 0.25) is 15.1 Å². The van der Waals surface area contributed by atoms with Crippen LogP contribution in [0.5, 0.6) is 0 Å². The standard InChI is InChI=1S/C7H4Cl3NS/c8-4-2-1-3(7(11)12)5(9)6(4)10/h1-2H,(H2,11,12). The lowest BCUT2D eigenvalue weighted by molar-refractivity contribution is 1.62. The largest absolute Gasteiger partial charge is 0.389 e. The fraction of sp³-hybridized carbons (Fsp3) is 0. The van der Waals surface area contributed by atoms with Gasteiger partial charge in [-0.05, 0) is 12.1 Å². The van der Waals surface area contributed by atoms with Gasteiger partial charge in [0.15, 0.2) is 0 Å². The molecule has 0 aromatic heterocycles. The van der Waals surface area contributed by atoms with Crippen molar-refractivity contribution in [1.29, 1.82) is 0 Å². The van der Waals surface area contributed by atoms with E-state index in [-0.39, 0.29) is 10.0 Å². The van der Waals surface area contributed by atoms with Crippen LogP contribution in [0.1, 0.15) is 5.56 Å². The lowest BCUT2D eigenvalue weighted by Crippen LogP contribution is -2.09. The van der Waals surface area contributed by atoms with Gasteiger partial charge in [-0.15, -0.1) is 0 Å². The van der Waals surface area contributed by atoms with E-state index >= 15 is 0 Å². The van der Waals surface area contributed by atoms with E-state index in [1.807, 2.05) is 0 Å². The molecule has 1 aromatic rings. The Morgan fingerprint density at radius 2 is 1.75 bits per heavy atom. The average Bonchev–Trinajstić information content (AvgIpc) is 2.00. The molecule has 0 saturated heterocycles. The lowest BCUT2D eigenvalue weighted by atomic mass is 10.2. The summed E-state index contributed by atoms with van der Waals surface area (Å²) >= 11 is 22.0. The second-order valence-electron chi connectivity index (χ2n) is 2.09. The number of benzene rings is 1. The SMILES string of the molecule is NC(=S)c1ccc(Cl)c(Cl)c1Cl. The second-order valence-corrected chi connectivity index (χ2v) is 3.69. The molecule has 0 spiro atoms. The average molecular weight is 241 g/mol. The summed E-state index contributed by atoms with van der Waals surface area (Å²) in [5.74, 6) is 0. The smallest absolute Gasteiger partial charge is 0.105 e. The Balaban J connectivity index is 3.36. The molecule has 0 aliphatic carbocycles. The van der Waals surface area contributed by atoms with Gasteiger partial charge in [0, 0.05) is 5.56 Å². The number of rotatable bonds is 1. The highest BCUT2D eigenvalue weighted by molar-refractivity contribution is 7.80. The number of thiocarbonyl (C=S) groups is 1. The van der Waals surface area contributed by atoms with Crippen molar-refractivity contribution < 1.29 is 0 Å². The summed E-state index contributed by atoms with van der Waals surface area (Å²) in [6.45, 7) is 0. The molecule has 64 valence electrons. The van der Waals surface area contributed by atoms with Crippen LogP contribution < -0.4 is 5.73 Å². The number of nitrogens with two attached hydrogens (primary N) is 1. The molecule has 1 rings (SSSR count). The molecule has 0 radical (unpaired) electrons. The van der Waals surface area contributed by atoms with Crippen LogP contribution in [0.25, 0.3) is 0 Å². The Bertz CT molecular complexity index is 338. The summed E-state index contributed by atoms with van der Waals surface area (Å²) < 4.78 is 0. The van der Waals surface area contributed by atoms with Crippen molar-refractivity contribution in [3.05, 3.63) is 32.8 Å². The molecule has 0 heterocycles. The van der Waals surface area contributed by atoms with Crippen molar-refractivity contribution in [2.45, 2.75) is 0 Å². The van der Waals surface area contributed by atoms with Gasteiger partial charge in [-0.2, -0.15) is 0 Å². The van der Waals surface area contributed by atoms with E-state index in [0.717, 1.165) is 0 Å². The van der Waals surface area contributed by atoms with Gasteiger partial charge in [0.25, 0.3) is 0 Å². The fourth-order valence-electron chi connectivity index (χ4n) is 0.716. The van der Waals surface area contributed by atoms with Gasteiger partial charge in [-0.25, -0.2) is 0 Å². The quantitative estimate of drug-likeness (QED) is 0.602. The predicted molar refractivity (Wildman–Crippen MR) is 57.4 cm³/mol. The zero-order chi connectivity index (χ0) is 9.30. The van der Waals surface area contributed by atoms with Gasteiger partial charge >= 0.3 is 0 Å². The first-order valence-corrected chi connectivity index (χ1v) is 4.51. The van der Waals surface area contributed by atoms with Crippen LogP contribution in [-0.4, -0.2) is 4.99 Å². The molecule has 5 heteroatoms. The third-order valence-corrected chi connectivity index (χ3v) is 2.81. The summed E-state index contributed by atoms with van der Waals surface area (Å²) in [4.78, 5) is 0.207. The van der Waals surface area contributed by atoms with Crippen molar-refractivity contribution in [3.63, 3.8) is 0 Å². The normalized spacial score (nSPS) is 9.92. The maximum absolute atomic E-state index is 5.81. The molecule has 0 fully saturated rings. The van der Waals surface area contributed by atoms with E-state index in [0.29, 0.717) is 15.6 Å².